The molecule has 116 valence electrons. The molecule has 2 heterocycles. The van der Waals surface area contributed by atoms with Gasteiger partial charge in [-0.25, -0.2) is 4.98 Å². The number of anilines is 2. The van der Waals surface area contributed by atoms with Gasteiger partial charge >= 0.3 is 0 Å². The summed E-state index contributed by atoms with van der Waals surface area (Å²) < 4.78 is 4.86. The quantitative estimate of drug-likeness (QED) is 0.767. The lowest BCUT2D eigenvalue weighted by atomic mass is 10.2. The molecule has 23 heavy (non-hydrogen) atoms. The van der Waals surface area contributed by atoms with Crippen molar-refractivity contribution >= 4 is 34.0 Å². The van der Waals surface area contributed by atoms with Crippen LogP contribution in [0.4, 0.5) is 10.8 Å². The van der Waals surface area contributed by atoms with Crippen LogP contribution in [0.15, 0.2) is 46.4 Å². The maximum absolute atomic E-state index is 12.0. The highest BCUT2D eigenvalue weighted by atomic mass is 32.1. The van der Waals surface area contributed by atoms with Crippen molar-refractivity contribution in [1.29, 1.82) is 0 Å². The van der Waals surface area contributed by atoms with E-state index in [1.807, 2.05) is 0 Å². The van der Waals surface area contributed by atoms with Gasteiger partial charge < -0.3 is 9.84 Å². The fourth-order valence-electron chi connectivity index (χ4n) is 1.83. The Morgan fingerprint density at radius 2 is 1.91 bits per heavy atom. The van der Waals surface area contributed by atoms with Gasteiger partial charge in [0.1, 0.15) is 5.76 Å². The van der Waals surface area contributed by atoms with Crippen LogP contribution in [0.2, 0.25) is 0 Å². The van der Waals surface area contributed by atoms with E-state index in [-0.39, 0.29) is 17.5 Å². The lowest BCUT2D eigenvalue weighted by Crippen LogP contribution is -2.13. The fraction of sp³-hybridized carbons (Fsp3) is 0.0667. The minimum absolute atomic E-state index is 0.202. The third-order valence-electron chi connectivity index (χ3n) is 2.92. The number of thiazole rings is 1. The molecule has 2 N–H and O–H groups in total. The molecule has 3 aromatic rings. The molecule has 0 spiro atoms. The van der Waals surface area contributed by atoms with Crippen LogP contribution in [0.1, 0.15) is 26.6 Å². The standard InChI is InChI=1S/C15H12N4O3S/c1-9-8-12(19-22-9)14(21)17-11-4-2-10(3-5-11)13(20)18-15-16-6-7-23-15/h2-8H,1H3,(H,17,21)(H,16,18,20). The van der Waals surface area contributed by atoms with E-state index >= 15 is 0 Å². The maximum Gasteiger partial charge on any atom is 0.277 e. The van der Waals surface area contributed by atoms with Crippen molar-refractivity contribution in [2.45, 2.75) is 6.92 Å². The van der Waals surface area contributed by atoms with E-state index in [1.165, 1.54) is 11.3 Å². The zero-order valence-corrected chi connectivity index (χ0v) is 12.9. The predicted molar refractivity (Wildman–Crippen MR) is 85.7 cm³/mol. The highest BCUT2D eigenvalue weighted by Gasteiger charge is 2.12. The summed E-state index contributed by atoms with van der Waals surface area (Å²) in [6.07, 6.45) is 1.62. The fourth-order valence-corrected chi connectivity index (χ4v) is 2.35. The van der Waals surface area contributed by atoms with Crippen molar-refractivity contribution in [1.82, 2.24) is 10.1 Å². The third-order valence-corrected chi connectivity index (χ3v) is 3.61. The van der Waals surface area contributed by atoms with Crippen molar-refractivity contribution in [3.8, 4) is 0 Å². The highest BCUT2D eigenvalue weighted by molar-refractivity contribution is 7.13. The molecule has 0 aliphatic heterocycles. The molecule has 0 saturated heterocycles. The first-order valence-electron chi connectivity index (χ1n) is 6.67. The van der Waals surface area contributed by atoms with Gasteiger partial charge in [0, 0.05) is 28.9 Å². The number of hydrogen-bond acceptors (Lipinski definition) is 6. The van der Waals surface area contributed by atoms with E-state index in [2.05, 4.69) is 20.8 Å². The van der Waals surface area contributed by atoms with Gasteiger partial charge in [-0.05, 0) is 31.2 Å². The van der Waals surface area contributed by atoms with E-state index in [1.54, 1.807) is 48.8 Å². The molecule has 1 aromatic carbocycles. The minimum atomic E-state index is -0.373. The van der Waals surface area contributed by atoms with E-state index in [0.29, 0.717) is 22.1 Å². The van der Waals surface area contributed by atoms with Gasteiger partial charge in [-0.3, -0.25) is 14.9 Å². The second-order valence-electron chi connectivity index (χ2n) is 4.65. The predicted octanol–water partition coefficient (Wildman–Crippen LogP) is 2.94. The van der Waals surface area contributed by atoms with Gasteiger partial charge in [0.25, 0.3) is 11.8 Å². The summed E-state index contributed by atoms with van der Waals surface area (Å²) in [5, 5.41) is 11.3. The van der Waals surface area contributed by atoms with Crippen LogP contribution >= 0.6 is 11.3 Å². The smallest absolute Gasteiger partial charge is 0.277 e. The molecule has 0 bridgehead atoms. The normalized spacial score (nSPS) is 10.3. The second-order valence-corrected chi connectivity index (χ2v) is 5.54. The monoisotopic (exact) mass is 328 g/mol. The van der Waals surface area contributed by atoms with Gasteiger partial charge in [0.2, 0.25) is 0 Å². The first kappa shape index (κ1) is 14.9. The summed E-state index contributed by atoms with van der Waals surface area (Å²) >= 11 is 1.34. The third kappa shape index (κ3) is 3.61. The molecule has 0 fully saturated rings. The van der Waals surface area contributed by atoms with Gasteiger partial charge in [-0.1, -0.05) is 5.16 Å². The molecule has 7 nitrogen and oxygen atoms in total. The first-order chi connectivity index (χ1) is 11.1. The SMILES string of the molecule is Cc1cc(C(=O)Nc2ccc(C(=O)Nc3nccs3)cc2)no1. The van der Waals surface area contributed by atoms with Crippen molar-refractivity contribution in [2.75, 3.05) is 10.6 Å². The van der Waals surface area contributed by atoms with E-state index in [0.717, 1.165) is 0 Å². The number of aromatic nitrogens is 2. The number of carbonyl (C=O) groups is 2. The topological polar surface area (TPSA) is 97.1 Å². The number of rotatable bonds is 4. The van der Waals surface area contributed by atoms with Crippen LogP contribution in [0, 0.1) is 6.92 Å². The zero-order chi connectivity index (χ0) is 16.2. The van der Waals surface area contributed by atoms with Crippen molar-refractivity contribution in [3.05, 3.63) is 58.9 Å². The Morgan fingerprint density at radius 3 is 2.52 bits per heavy atom. The Bertz CT molecular complexity index is 825. The summed E-state index contributed by atoms with van der Waals surface area (Å²) in [4.78, 5) is 27.9. The van der Waals surface area contributed by atoms with Gasteiger partial charge in [0.15, 0.2) is 10.8 Å². The summed E-state index contributed by atoms with van der Waals surface area (Å²) in [6, 6.07) is 8.06. The highest BCUT2D eigenvalue weighted by Crippen LogP contribution is 2.15. The van der Waals surface area contributed by atoms with Crippen LogP contribution in [-0.2, 0) is 0 Å². The molecule has 0 atom stereocenters. The van der Waals surface area contributed by atoms with Crippen LogP contribution in [0.5, 0.6) is 0 Å². The molecule has 0 aliphatic carbocycles. The van der Waals surface area contributed by atoms with Crippen LogP contribution in [-0.4, -0.2) is 22.0 Å². The average Bonchev–Trinajstić information content (AvgIpc) is 3.19. The molecule has 0 aliphatic rings. The lowest BCUT2D eigenvalue weighted by molar-refractivity contribution is 0.101. The number of nitrogens with zero attached hydrogens (tertiary/aromatic N) is 2. The summed E-state index contributed by atoms with van der Waals surface area (Å²) in [7, 11) is 0. The number of benzene rings is 1. The zero-order valence-electron chi connectivity index (χ0n) is 12.1. The number of aryl methyl sites for hydroxylation is 1. The molecule has 2 amide bonds. The van der Waals surface area contributed by atoms with Gasteiger partial charge in [-0.2, -0.15) is 0 Å². The van der Waals surface area contributed by atoms with Gasteiger partial charge in [-0.15, -0.1) is 11.3 Å². The van der Waals surface area contributed by atoms with Crippen LogP contribution < -0.4 is 10.6 Å². The number of hydrogen-bond donors (Lipinski definition) is 2. The summed E-state index contributed by atoms with van der Waals surface area (Å²) in [6.45, 7) is 1.71. The number of amides is 2. The molecule has 0 radical (unpaired) electrons. The molecule has 0 saturated carbocycles. The molecule has 3 rings (SSSR count). The molecule has 2 aromatic heterocycles. The van der Waals surface area contributed by atoms with E-state index in [9.17, 15) is 9.59 Å². The Morgan fingerprint density at radius 1 is 1.13 bits per heavy atom. The Hall–Kier alpha value is -3.00. The molecule has 0 unspecified atom stereocenters. The van der Waals surface area contributed by atoms with Crippen molar-refractivity contribution in [2.24, 2.45) is 0 Å². The van der Waals surface area contributed by atoms with E-state index in [4.69, 9.17) is 4.52 Å². The summed E-state index contributed by atoms with van der Waals surface area (Å²) in [5.41, 5.74) is 1.23. The number of nitrogens with one attached hydrogen (secondary N) is 2. The molecular formula is C15H12N4O3S. The molecule has 8 heteroatoms. The maximum atomic E-state index is 12.0. The average molecular weight is 328 g/mol. The van der Waals surface area contributed by atoms with Crippen LogP contribution in [0.3, 0.4) is 0 Å². The number of carbonyl (C=O) groups excluding carboxylic acids is 2. The first-order valence-corrected chi connectivity index (χ1v) is 7.55. The second kappa shape index (κ2) is 6.41. The molecular weight excluding hydrogens is 316 g/mol. The van der Waals surface area contributed by atoms with E-state index < -0.39 is 0 Å². The van der Waals surface area contributed by atoms with Crippen molar-refractivity contribution < 1.29 is 14.1 Å². The Labute approximate surface area is 135 Å². The summed E-state index contributed by atoms with van der Waals surface area (Å²) in [5.74, 6) is -0.0730. The Kier molecular flexibility index (Phi) is 4.15. The van der Waals surface area contributed by atoms with Crippen LogP contribution in [0.25, 0.3) is 0 Å². The largest absolute Gasteiger partial charge is 0.361 e. The Balaban J connectivity index is 1.65. The minimum Gasteiger partial charge on any atom is -0.361 e. The van der Waals surface area contributed by atoms with Gasteiger partial charge in [0.05, 0.1) is 0 Å². The lowest BCUT2D eigenvalue weighted by Gasteiger charge is -2.05. The van der Waals surface area contributed by atoms with Crippen molar-refractivity contribution in [3.63, 3.8) is 0 Å².